The molecule has 27 heavy (non-hydrogen) atoms. The lowest BCUT2D eigenvalue weighted by atomic mass is 9.88. The van der Waals surface area contributed by atoms with E-state index >= 15 is 0 Å². The summed E-state index contributed by atoms with van der Waals surface area (Å²) in [6, 6.07) is 20.0. The van der Waals surface area contributed by atoms with Crippen molar-refractivity contribution in [3.8, 4) is 33.8 Å². The average Bonchev–Trinajstić information content (AvgIpc) is 2.98. The van der Waals surface area contributed by atoms with Crippen LogP contribution in [0.5, 0.6) is 11.5 Å². The summed E-state index contributed by atoms with van der Waals surface area (Å²) in [5.74, 6) is 0.582. The average molecular weight is 352 g/mol. The molecule has 1 aliphatic rings. The molecular weight excluding hydrogens is 332 g/mol. The van der Waals surface area contributed by atoms with E-state index in [0.717, 1.165) is 22.8 Å². The maximum atomic E-state index is 10.00. The number of hydrogen-bond donors (Lipinski definition) is 2. The van der Waals surface area contributed by atoms with Gasteiger partial charge in [0.1, 0.15) is 11.5 Å². The maximum absolute atomic E-state index is 10.00. The Balaban J connectivity index is 1.91. The van der Waals surface area contributed by atoms with Crippen LogP contribution in [0.4, 0.5) is 0 Å². The van der Waals surface area contributed by atoms with E-state index in [4.69, 9.17) is 0 Å². The highest BCUT2D eigenvalue weighted by Crippen LogP contribution is 2.48. The lowest BCUT2D eigenvalue weighted by Gasteiger charge is -2.16. The van der Waals surface area contributed by atoms with Gasteiger partial charge in [0.25, 0.3) is 0 Å². The van der Waals surface area contributed by atoms with Crippen molar-refractivity contribution in [2.45, 2.75) is 20.3 Å². The molecule has 0 saturated heterocycles. The molecule has 0 atom stereocenters. The maximum Gasteiger partial charge on any atom is 0.116 e. The van der Waals surface area contributed by atoms with Gasteiger partial charge in [0.15, 0.2) is 0 Å². The van der Waals surface area contributed by atoms with Crippen LogP contribution in [0.2, 0.25) is 0 Å². The number of benzene rings is 4. The molecule has 2 heteroatoms. The first kappa shape index (κ1) is 16.0. The van der Waals surface area contributed by atoms with Gasteiger partial charge in [0, 0.05) is 0 Å². The van der Waals surface area contributed by atoms with Gasteiger partial charge in [-0.2, -0.15) is 0 Å². The van der Waals surface area contributed by atoms with Crippen molar-refractivity contribution in [3.63, 3.8) is 0 Å². The fraction of sp³-hybridized carbons (Fsp3) is 0.120. The summed E-state index contributed by atoms with van der Waals surface area (Å²) < 4.78 is 0. The molecule has 0 amide bonds. The highest BCUT2D eigenvalue weighted by Gasteiger charge is 2.25. The van der Waals surface area contributed by atoms with Crippen molar-refractivity contribution >= 4 is 10.8 Å². The molecule has 4 aromatic rings. The molecule has 0 saturated carbocycles. The zero-order valence-electron chi connectivity index (χ0n) is 15.4. The Morgan fingerprint density at radius 2 is 1.44 bits per heavy atom. The first-order valence-corrected chi connectivity index (χ1v) is 9.20. The predicted molar refractivity (Wildman–Crippen MR) is 110 cm³/mol. The van der Waals surface area contributed by atoms with Crippen molar-refractivity contribution in [1.29, 1.82) is 0 Å². The summed E-state index contributed by atoms with van der Waals surface area (Å²) in [5, 5.41) is 22.1. The van der Waals surface area contributed by atoms with E-state index in [1.54, 1.807) is 12.1 Å². The molecule has 0 aliphatic heterocycles. The molecule has 0 aromatic heterocycles. The van der Waals surface area contributed by atoms with Crippen LogP contribution < -0.4 is 0 Å². The van der Waals surface area contributed by atoms with Gasteiger partial charge in [-0.1, -0.05) is 36.4 Å². The Morgan fingerprint density at radius 1 is 0.667 bits per heavy atom. The Morgan fingerprint density at radius 3 is 2.26 bits per heavy atom. The van der Waals surface area contributed by atoms with Crippen LogP contribution >= 0.6 is 0 Å². The molecule has 0 unspecified atom stereocenters. The van der Waals surface area contributed by atoms with E-state index in [-0.39, 0.29) is 5.75 Å². The summed E-state index contributed by atoms with van der Waals surface area (Å²) in [5.41, 5.74) is 9.75. The number of aryl methyl sites for hydroxylation is 2. The zero-order valence-corrected chi connectivity index (χ0v) is 15.4. The predicted octanol–water partition coefficient (Wildman–Crippen LogP) is 6.11. The SMILES string of the molecule is Cc1ccc(-c2c3c(cc4cc(O)ccc24)Cc2cc(O)ccc2-3)cc1C. The standard InChI is InChI=1S/C25H20O2/c1-14-3-4-16(9-15(14)2)24-22-7-5-20(26)12-17(22)10-19-11-18-13-21(27)6-8-23(18)25(19)24/h3-10,12-13,26-27H,11H2,1-2H3. The molecule has 0 bridgehead atoms. The summed E-state index contributed by atoms with van der Waals surface area (Å²) in [6.45, 7) is 4.27. The molecule has 2 nitrogen and oxygen atoms in total. The lowest BCUT2D eigenvalue weighted by Crippen LogP contribution is -1.91. The van der Waals surface area contributed by atoms with Crippen LogP contribution in [0, 0.1) is 13.8 Å². The van der Waals surface area contributed by atoms with Gasteiger partial charge in [-0.15, -0.1) is 0 Å². The summed E-state index contributed by atoms with van der Waals surface area (Å²) in [7, 11) is 0. The molecule has 0 radical (unpaired) electrons. The van der Waals surface area contributed by atoms with Gasteiger partial charge in [-0.3, -0.25) is 0 Å². The molecule has 132 valence electrons. The van der Waals surface area contributed by atoms with Gasteiger partial charge < -0.3 is 10.2 Å². The number of phenolic OH excluding ortho intramolecular Hbond substituents is 2. The topological polar surface area (TPSA) is 40.5 Å². The summed E-state index contributed by atoms with van der Waals surface area (Å²) >= 11 is 0. The monoisotopic (exact) mass is 352 g/mol. The van der Waals surface area contributed by atoms with Gasteiger partial charge in [0.2, 0.25) is 0 Å². The third-order valence-electron chi connectivity index (χ3n) is 5.74. The van der Waals surface area contributed by atoms with E-state index in [1.165, 1.54) is 38.9 Å². The number of rotatable bonds is 1. The summed E-state index contributed by atoms with van der Waals surface area (Å²) in [6.07, 6.45) is 0.794. The molecule has 0 heterocycles. The minimum absolute atomic E-state index is 0.279. The van der Waals surface area contributed by atoms with Crippen molar-refractivity contribution in [1.82, 2.24) is 0 Å². The van der Waals surface area contributed by atoms with Crippen molar-refractivity contribution in [2.75, 3.05) is 0 Å². The van der Waals surface area contributed by atoms with E-state index in [0.29, 0.717) is 5.75 Å². The minimum atomic E-state index is 0.279. The van der Waals surface area contributed by atoms with E-state index in [9.17, 15) is 10.2 Å². The highest BCUT2D eigenvalue weighted by molar-refractivity contribution is 6.07. The molecule has 0 spiro atoms. The van der Waals surface area contributed by atoms with Crippen molar-refractivity contribution in [3.05, 3.63) is 82.9 Å². The first-order valence-electron chi connectivity index (χ1n) is 9.20. The molecule has 5 rings (SSSR count). The van der Waals surface area contributed by atoms with E-state index in [1.807, 2.05) is 24.3 Å². The molecule has 0 fully saturated rings. The minimum Gasteiger partial charge on any atom is -0.508 e. The van der Waals surface area contributed by atoms with Crippen LogP contribution in [0.1, 0.15) is 22.3 Å². The molecular formula is C25H20O2. The van der Waals surface area contributed by atoms with Crippen LogP contribution in [0.3, 0.4) is 0 Å². The highest BCUT2D eigenvalue weighted by atomic mass is 16.3. The lowest BCUT2D eigenvalue weighted by molar-refractivity contribution is 0.474. The van der Waals surface area contributed by atoms with Gasteiger partial charge in [-0.05, 0) is 99.8 Å². The Hall–Kier alpha value is -3.26. The second-order valence-electron chi connectivity index (χ2n) is 7.51. The third-order valence-corrected chi connectivity index (χ3v) is 5.74. The van der Waals surface area contributed by atoms with Crippen molar-refractivity contribution in [2.24, 2.45) is 0 Å². The third kappa shape index (κ3) is 2.41. The van der Waals surface area contributed by atoms with Crippen molar-refractivity contribution < 1.29 is 10.2 Å². The fourth-order valence-corrected chi connectivity index (χ4v) is 4.27. The fourth-order valence-electron chi connectivity index (χ4n) is 4.27. The Labute approximate surface area is 158 Å². The van der Waals surface area contributed by atoms with Crippen LogP contribution in [0.25, 0.3) is 33.0 Å². The largest absolute Gasteiger partial charge is 0.508 e. The second-order valence-corrected chi connectivity index (χ2v) is 7.51. The van der Waals surface area contributed by atoms with E-state index < -0.39 is 0 Å². The second kappa shape index (κ2) is 5.62. The summed E-state index contributed by atoms with van der Waals surface area (Å²) in [4.78, 5) is 0. The smallest absolute Gasteiger partial charge is 0.116 e. The van der Waals surface area contributed by atoms with Crippen LogP contribution in [0.15, 0.2) is 60.7 Å². The van der Waals surface area contributed by atoms with Crippen LogP contribution in [-0.4, -0.2) is 10.2 Å². The van der Waals surface area contributed by atoms with E-state index in [2.05, 4.69) is 38.1 Å². The quantitative estimate of drug-likeness (QED) is 0.382. The zero-order chi connectivity index (χ0) is 18.7. The van der Waals surface area contributed by atoms with Gasteiger partial charge >= 0.3 is 0 Å². The number of fused-ring (bicyclic) bond motifs is 4. The first-order chi connectivity index (χ1) is 13.0. The number of hydrogen-bond acceptors (Lipinski definition) is 2. The van der Waals surface area contributed by atoms with Gasteiger partial charge in [0.05, 0.1) is 0 Å². The van der Waals surface area contributed by atoms with Crippen LogP contribution in [-0.2, 0) is 6.42 Å². The van der Waals surface area contributed by atoms with Gasteiger partial charge in [-0.25, -0.2) is 0 Å². The number of aromatic hydroxyl groups is 2. The normalized spacial score (nSPS) is 12.2. The molecule has 2 N–H and O–H groups in total. The Bertz CT molecular complexity index is 1230. The number of phenols is 2. The Kier molecular flexibility index (Phi) is 3.32. The molecule has 4 aromatic carbocycles. The molecule has 1 aliphatic carbocycles.